The highest BCUT2D eigenvalue weighted by atomic mass is 16.6. The molecule has 19 heavy (non-hydrogen) atoms. The molecule has 0 aliphatic carbocycles. The number of carbonyl (C=O) groups excluding carboxylic acids is 1. The first kappa shape index (κ1) is 14.4. The third kappa shape index (κ3) is 4.25. The minimum absolute atomic E-state index is 0.00758. The van der Waals surface area contributed by atoms with Crippen LogP contribution in [0.5, 0.6) is 0 Å². The van der Waals surface area contributed by atoms with E-state index in [1.165, 1.54) is 18.2 Å². The molecular formula is C11H12N4O4. The predicted molar refractivity (Wildman–Crippen MR) is 67.5 cm³/mol. The maximum Gasteiger partial charge on any atom is 0.292 e. The van der Waals surface area contributed by atoms with Crippen molar-refractivity contribution >= 4 is 23.0 Å². The number of carbonyl (C=O) groups is 1. The Kier molecular flexibility index (Phi) is 5.25. The SMILES string of the molecule is N#CCC(=O)Nc1cc(NCCO)ccc1[N+](=O)[O-]. The fourth-order valence-electron chi connectivity index (χ4n) is 1.37. The van der Waals surface area contributed by atoms with Crippen LogP contribution in [0, 0.1) is 21.4 Å². The average molecular weight is 264 g/mol. The van der Waals surface area contributed by atoms with Crippen LogP contribution in [0.25, 0.3) is 0 Å². The lowest BCUT2D eigenvalue weighted by Gasteiger charge is -2.08. The number of nitrogens with zero attached hydrogens (tertiary/aromatic N) is 2. The molecule has 8 heteroatoms. The summed E-state index contributed by atoms with van der Waals surface area (Å²) in [6.45, 7) is 0.191. The van der Waals surface area contributed by atoms with Gasteiger partial charge in [0.25, 0.3) is 5.69 Å². The van der Waals surface area contributed by atoms with E-state index in [2.05, 4.69) is 10.6 Å². The summed E-state index contributed by atoms with van der Waals surface area (Å²) in [5.74, 6) is -0.620. The molecule has 0 aliphatic rings. The molecule has 0 heterocycles. The van der Waals surface area contributed by atoms with Gasteiger partial charge in [-0.05, 0) is 12.1 Å². The highest BCUT2D eigenvalue weighted by Gasteiger charge is 2.16. The molecule has 1 amide bonds. The lowest BCUT2D eigenvalue weighted by molar-refractivity contribution is -0.383. The fraction of sp³-hybridized carbons (Fsp3) is 0.273. The van der Waals surface area contributed by atoms with Gasteiger partial charge in [-0.3, -0.25) is 14.9 Å². The fourth-order valence-corrected chi connectivity index (χ4v) is 1.37. The van der Waals surface area contributed by atoms with Gasteiger partial charge in [-0.15, -0.1) is 0 Å². The second-order valence-electron chi connectivity index (χ2n) is 3.52. The molecule has 3 N–H and O–H groups in total. The number of benzene rings is 1. The number of anilines is 2. The lowest BCUT2D eigenvalue weighted by atomic mass is 10.2. The van der Waals surface area contributed by atoms with Gasteiger partial charge < -0.3 is 15.7 Å². The van der Waals surface area contributed by atoms with E-state index >= 15 is 0 Å². The summed E-state index contributed by atoms with van der Waals surface area (Å²) in [5, 5.41) is 33.0. The standard InChI is InChI=1S/C11H12N4O4/c12-4-3-11(17)14-9-7-8(13-5-6-16)1-2-10(9)15(18)19/h1-2,7,13,16H,3,5-6H2,(H,14,17). The Morgan fingerprint density at radius 1 is 1.53 bits per heavy atom. The summed E-state index contributed by atoms with van der Waals surface area (Å²) in [6, 6.07) is 5.74. The highest BCUT2D eigenvalue weighted by molar-refractivity contribution is 5.94. The first-order valence-electron chi connectivity index (χ1n) is 5.38. The van der Waals surface area contributed by atoms with E-state index in [-0.39, 0.29) is 30.9 Å². The Morgan fingerprint density at radius 2 is 2.26 bits per heavy atom. The third-order valence-corrected chi connectivity index (χ3v) is 2.15. The van der Waals surface area contributed by atoms with Gasteiger partial charge in [-0.25, -0.2) is 0 Å². The first-order valence-corrected chi connectivity index (χ1v) is 5.38. The Morgan fingerprint density at radius 3 is 2.84 bits per heavy atom. The molecule has 0 spiro atoms. The smallest absolute Gasteiger partial charge is 0.292 e. The Labute approximate surface area is 108 Å². The zero-order valence-corrected chi connectivity index (χ0v) is 9.92. The van der Waals surface area contributed by atoms with Crippen molar-refractivity contribution in [3.05, 3.63) is 28.3 Å². The number of aliphatic hydroxyl groups is 1. The van der Waals surface area contributed by atoms with Crippen LogP contribution in [0.4, 0.5) is 17.1 Å². The monoisotopic (exact) mass is 264 g/mol. The first-order chi connectivity index (χ1) is 9.08. The number of amides is 1. The molecule has 1 aromatic carbocycles. The zero-order chi connectivity index (χ0) is 14.3. The van der Waals surface area contributed by atoms with Gasteiger partial charge in [0.2, 0.25) is 5.91 Å². The van der Waals surface area contributed by atoms with Crippen LogP contribution in [0.2, 0.25) is 0 Å². The molecule has 0 aliphatic heterocycles. The van der Waals surface area contributed by atoms with E-state index in [9.17, 15) is 14.9 Å². The van der Waals surface area contributed by atoms with E-state index in [0.29, 0.717) is 5.69 Å². The molecule has 1 aromatic rings. The lowest BCUT2D eigenvalue weighted by Crippen LogP contribution is -2.12. The number of nitriles is 1. The number of nitrogens with one attached hydrogen (secondary N) is 2. The molecule has 0 fully saturated rings. The van der Waals surface area contributed by atoms with Crippen molar-refractivity contribution in [1.82, 2.24) is 0 Å². The molecule has 0 saturated heterocycles. The van der Waals surface area contributed by atoms with Gasteiger partial charge in [0.05, 0.1) is 17.6 Å². The second kappa shape index (κ2) is 6.93. The quantitative estimate of drug-likeness (QED) is 0.516. The van der Waals surface area contributed by atoms with Crippen molar-refractivity contribution in [2.75, 3.05) is 23.8 Å². The zero-order valence-electron chi connectivity index (χ0n) is 9.92. The maximum absolute atomic E-state index is 11.3. The molecule has 0 aromatic heterocycles. The molecule has 0 saturated carbocycles. The largest absolute Gasteiger partial charge is 0.395 e. The van der Waals surface area contributed by atoms with Crippen LogP contribution < -0.4 is 10.6 Å². The van der Waals surface area contributed by atoms with Crippen LogP contribution in [0.15, 0.2) is 18.2 Å². The average Bonchev–Trinajstić information content (AvgIpc) is 2.36. The summed E-state index contributed by atoms with van der Waals surface area (Å²) in [7, 11) is 0. The van der Waals surface area contributed by atoms with Crippen molar-refractivity contribution in [2.45, 2.75) is 6.42 Å². The highest BCUT2D eigenvalue weighted by Crippen LogP contribution is 2.27. The van der Waals surface area contributed by atoms with Crippen molar-refractivity contribution in [2.24, 2.45) is 0 Å². The number of nitro groups is 1. The van der Waals surface area contributed by atoms with E-state index in [1.54, 1.807) is 6.07 Å². The van der Waals surface area contributed by atoms with Crippen molar-refractivity contribution in [3.63, 3.8) is 0 Å². The second-order valence-corrected chi connectivity index (χ2v) is 3.52. The number of hydrogen-bond donors (Lipinski definition) is 3. The molecule has 100 valence electrons. The molecule has 0 radical (unpaired) electrons. The van der Waals surface area contributed by atoms with Crippen molar-refractivity contribution in [1.29, 1.82) is 5.26 Å². The molecule has 1 rings (SSSR count). The Hall–Kier alpha value is -2.66. The summed E-state index contributed by atoms with van der Waals surface area (Å²) >= 11 is 0. The van der Waals surface area contributed by atoms with Crippen molar-refractivity contribution < 1.29 is 14.8 Å². The van der Waals surface area contributed by atoms with E-state index in [0.717, 1.165) is 0 Å². The van der Waals surface area contributed by atoms with Crippen LogP contribution in [0.3, 0.4) is 0 Å². The normalized spacial score (nSPS) is 9.47. The summed E-state index contributed by atoms with van der Waals surface area (Å²) in [4.78, 5) is 21.5. The van der Waals surface area contributed by atoms with Crippen molar-refractivity contribution in [3.8, 4) is 6.07 Å². The minimum atomic E-state index is -0.627. The minimum Gasteiger partial charge on any atom is -0.395 e. The Balaban J connectivity index is 2.98. The number of rotatable bonds is 6. The number of aliphatic hydroxyl groups excluding tert-OH is 1. The molecule has 0 bridgehead atoms. The maximum atomic E-state index is 11.3. The summed E-state index contributed by atoms with van der Waals surface area (Å²) in [5.41, 5.74) is 0.265. The molecule has 8 nitrogen and oxygen atoms in total. The van der Waals surface area contributed by atoms with Gasteiger partial charge in [-0.2, -0.15) is 5.26 Å². The topological polar surface area (TPSA) is 128 Å². The summed E-state index contributed by atoms with van der Waals surface area (Å²) in [6.07, 6.45) is -0.383. The number of hydrogen-bond acceptors (Lipinski definition) is 6. The Bertz CT molecular complexity index is 524. The molecular weight excluding hydrogens is 252 g/mol. The van der Waals surface area contributed by atoms with Gasteiger partial charge in [0.1, 0.15) is 12.1 Å². The third-order valence-electron chi connectivity index (χ3n) is 2.15. The molecule has 0 atom stereocenters. The predicted octanol–water partition coefficient (Wildman–Crippen LogP) is 0.851. The van der Waals surface area contributed by atoms with Crippen LogP contribution in [-0.2, 0) is 4.79 Å². The van der Waals surface area contributed by atoms with E-state index in [4.69, 9.17) is 10.4 Å². The van der Waals surface area contributed by atoms with Gasteiger partial charge >= 0.3 is 0 Å². The van der Waals surface area contributed by atoms with Crippen LogP contribution in [0.1, 0.15) is 6.42 Å². The van der Waals surface area contributed by atoms with E-state index in [1.807, 2.05) is 0 Å². The van der Waals surface area contributed by atoms with Gasteiger partial charge in [-0.1, -0.05) is 0 Å². The van der Waals surface area contributed by atoms with Gasteiger partial charge in [0.15, 0.2) is 0 Å². The summed E-state index contributed by atoms with van der Waals surface area (Å²) < 4.78 is 0. The van der Waals surface area contributed by atoms with Gasteiger partial charge in [0, 0.05) is 18.3 Å². The molecule has 0 unspecified atom stereocenters. The number of nitro benzene ring substituents is 1. The van der Waals surface area contributed by atoms with E-state index < -0.39 is 10.8 Å². The van der Waals surface area contributed by atoms with Crippen LogP contribution in [-0.4, -0.2) is 29.1 Å². The van der Waals surface area contributed by atoms with Crippen LogP contribution >= 0.6 is 0 Å².